The third-order valence-electron chi connectivity index (χ3n) is 4.57. The zero-order valence-electron chi connectivity index (χ0n) is 17.1. The average Bonchev–Trinajstić information content (AvgIpc) is 2.70. The Balaban J connectivity index is 1.84. The molecule has 5 heteroatoms. The van der Waals surface area contributed by atoms with Crippen molar-refractivity contribution in [3.8, 4) is 11.5 Å². The minimum atomic E-state index is 0.753. The minimum Gasteiger partial charge on any atom is -0.493 e. The van der Waals surface area contributed by atoms with Crippen LogP contribution in [-0.4, -0.2) is 52.3 Å². The Hall–Kier alpha value is -2.69. The van der Waals surface area contributed by atoms with Gasteiger partial charge in [0.15, 0.2) is 17.5 Å². The van der Waals surface area contributed by atoms with Crippen LogP contribution in [0.15, 0.2) is 47.5 Å². The van der Waals surface area contributed by atoms with Gasteiger partial charge in [0.05, 0.1) is 14.2 Å². The van der Waals surface area contributed by atoms with Gasteiger partial charge in [-0.1, -0.05) is 35.9 Å². The normalized spacial score (nSPS) is 11.2. The number of hydrogen-bond acceptors (Lipinski definition) is 3. The number of aliphatic imine (C=N–C) groups is 1. The zero-order valence-corrected chi connectivity index (χ0v) is 17.1. The number of rotatable bonds is 8. The van der Waals surface area contributed by atoms with Crippen LogP contribution in [0.2, 0.25) is 0 Å². The SMILES string of the molecule is CN=C(NCCc1ccc(C)cc1)N(C)CCc1ccc(OC)c(OC)c1. The summed E-state index contributed by atoms with van der Waals surface area (Å²) < 4.78 is 10.7. The van der Waals surface area contributed by atoms with Crippen molar-refractivity contribution < 1.29 is 9.47 Å². The summed E-state index contributed by atoms with van der Waals surface area (Å²) in [5, 5.41) is 3.44. The molecule has 0 aliphatic rings. The van der Waals surface area contributed by atoms with Gasteiger partial charge in [-0.2, -0.15) is 0 Å². The fraction of sp³-hybridized carbons (Fsp3) is 0.409. The Labute approximate surface area is 163 Å². The maximum atomic E-state index is 5.38. The predicted octanol–water partition coefficient (Wildman–Crippen LogP) is 3.30. The number of hydrogen-bond donors (Lipinski definition) is 1. The van der Waals surface area contributed by atoms with E-state index in [0.717, 1.165) is 43.4 Å². The molecule has 0 radical (unpaired) electrons. The van der Waals surface area contributed by atoms with Crippen molar-refractivity contribution in [3.63, 3.8) is 0 Å². The molecule has 2 aromatic carbocycles. The van der Waals surface area contributed by atoms with E-state index in [1.54, 1.807) is 14.2 Å². The van der Waals surface area contributed by atoms with Crippen LogP contribution in [0.1, 0.15) is 16.7 Å². The first-order chi connectivity index (χ1) is 13.1. The predicted molar refractivity (Wildman–Crippen MR) is 112 cm³/mol. The highest BCUT2D eigenvalue weighted by molar-refractivity contribution is 5.79. The largest absolute Gasteiger partial charge is 0.493 e. The Kier molecular flexibility index (Phi) is 7.99. The van der Waals surface area contributed by atoms with E-state index < -0.39 is 0 Å². The van der Waals surface area contributed by atoms with Crippen molar-refractivity contribution in [1.82, 2.24) is 10.2 Å². The van der Waals surface area contributed by atoms with Gasteiger partial charge in [-0.25, -0.2) is 0 Å². The molecule has 146 valence electrons. The van der Waals surface area contributed by atoms with Crippen LogP contribution in [0.5, 0.6) is 11.5 Å². The molecule has 27 heavy (non-hydrogen) atoms. The van der Waals surface area contributed by atoms with Gasteiger partial charge in [0.1, 0.15) is 0 Å². The third kappa shape index (κ3) is 6.20. The van der Waals surface area contributed by atoms with Gasteiger partial charge >= 0.3 is 0 Å². The zero-order chi connectivity index (χ0) is 19.6. The molecule has 0 spiro atoms. The van der Waals surface area contributed by atoms with Crippen LogP contribution in [0.3, 0.4) is 0 Å². The number of benzene rings is 2. The highest BCUT2D eigenvalue weighted by Crippen LogP contribution is 2.27. The van der Waals surface area contributed by atoms with E-state index >= 15 is 0 Å². The molecule has 0 atom stereocenters. The van der Waals surface area contributed by atoms with Gasteiger partial charge in [0, 0.05) is 27.2 Å². The maximum Gasteiger partial charge on any atom is 0.193 e. The molecule has 2 aromatic rings. The van der Waals surface area contributed by atoms with E-state index in [1.807, 2.05) is 19.2 Å². The molecular weight excluding hydrogens is 338 g/mol. The molecule has 0 aliphatic carbocycles. The van der Waals surface area contributed by atoms with E-state index in [-0.39, 0.29) is 0 Å². The third-order valence-corrected chi connectivity index (χ3v) is 4.57. The lowest BCUT2D eigenvalue weighted by Crippen LogP contribution is -2.40. The Morgan fingerprint density at radius 2 is 1.63 bits per heavy atom. The van der Waals surface area contributed by atoms with E-state index in [1.165, 1.54) is 16.7 Å². The van der Waals surface area contributed by atoms with Gasteiger partial charge in [0.25, 0.3) is 0 Å². The van der Waals surface area contributed by atoms with Gasteiger partial charge in [-0.15, -0.1) is 0 Å². The molecule has 0 unspecified atom stereocenters. The van der Waals surface area contributed by atoms with Gasteiger partial charge < -0.3 is 19.7 Å². The molecule has 0 aromatic heterocycles. The highest BCUT2D eigenvalue weighted by atomic mass is 16.5. The maximum absolute atomic E-state index is 5.38. The first-order valence-electron chi connectivity index (χ1n) is 9.25. The van der Waals surface area contributed by atoms with Crippen LogP contribution in [0.25, 0.3) is 0 Å². The molecule has 0 aliphatic heterocycles. The highest BCUT2D eigenvalue weighted by Gasteiger charge is 2.08. The second kappa shape index (κ2) is 10.5. The first kappa shape index (κ1) is 20.6. The lowest BCUT2D eigenvalue weighted by Gasteiger charge is -2.22. The molecule has 0 saturated heterocycles. The van der Waals surface area contributed by atoms with Crippen molar-refractivity contribution in [3.05, 3.63) is 59.2 Å². The average molecular weight is 370 g/mol. The number of likely N-dealkylation sites (N-methyl/N-ethyl adjacent to an activating group) is 1. The molecule has 0 amide bonds. The summed E-state index contributed by atoms with van der Waals surface area (Å²) >= 11 is 0. The molecular formula is C22H31N3O2. The summed E-state index contributed by atoms with van der Waals surface area (Å²) in [5.41, 5.74) is 3.82. The second-order valence-electron chi connectivity index (χ2n) is 6.57. The van der Waals surface area contributed by atoms with Crippen molar-refractivity contribution in [2.24, 2.45) is 4.99 Å². The van der Waals surface area contributed by atoms with E-state index in [2.05, 4.69) is 59.5 Å². The number of ether oxygens (including phenoxy) is 2. The van der Waals surface area contributed by atoms with E-state index in [0.29, 0.717) is 0 Å². The number of aryl methyl sites for hydroxylation is 1. The molecule has 0 fully saturated rings. The van der Waals surface area contributed by atoms with Crippen LogP contribution >= 0.6 is 0 Å². The lowest BCUT2D eigenvalue weighted by atomic mass is 10.1. The number of guanidine groups is 1. The first-order valence-corrected chi connectivity index (χ1v) is 9.25. The van der Waals surface area contributed by atoms with Gasteiger partial charge in [-0.3, -0.25) is 4.99 Å². The molecule has 2 rings (SSSR count). The molecule has 1 N–H and O–H groups in total. The standard InChI is InChI=1S/C22H31N3O2/c1-17-6-8-18(9-7-17)12-14-24-22(23-2)25(3)15-13-19-10-11-20(26-4)21(16-19)27-5/h6-11,16H,12-15H2,1-5H3,(H,23,24). The summed E-state index contributed by atoms with van der Waals surface area (Å²) in [4.78, 5) is 6.54. The fourth-order valence-corrected chi connectivity index (χ4v) is 2.90. The smallest absolute Gasteiger partial charge is 0.193 e. The summed E-state index contributed by atoms with van der Waals surface area (Å²) in [6.07, 6.45) is 1.87. The number of nitrogens with zero attached hydrogens (tertiary/aromatic N) is 2. The van der Waals surface area contributed by atoms with Gasteiger partial charge in [-0.05, 0) is 43.0 Å². The van der Waals surface area contributed by atoms with Crippen LogP contribution in [0, 0.1) is 6.92 Å². The topological polar surface area (TPSA) is 46.1 Å². The monoisotopic (exact) mass is 369 g/mol. The van der Waals surface area contributed by atoms with E-state index in [9.17, 15) is 0 Å². The van der Waals surface area contributed by atoms with Crippen molar-refractivity contribution >= 4 is 5.96 Å². The molecule has 0 bridgehead atoms. The molecule has 0 heterocycles. The minimum absolute atomic E-state index is 0.753. The molecule has 5 nitrogen and oxygen atoms in total. The Bertz CT molecular complexity index is 742. The summed E-state index contributed by atoms with van der Waals surface area (Å²) in [6.45, 7) is 3.83. The quantitative estimate of drug-likeness (QED) is 0.573. The van der Waals surface area contributed by atoms with Crippen LogP contribution in [-0.2, 0) is 12.8 Å². The fourth-order valence-electron chi connectivity index (χ4n) is 2.90. The second-order valence-corrected chi connectivity index (χ2v) is 6.57. The van der Waals surface area contributed by atoms with Gasteiger partial charge in [0.2, 0.25) is 0 Å². The lowest BCUT2D eigenvalue weighted by molar-refractivity contribution is 0.354. The summed E-state index contributed by atoms with van der Waals surface area (Å²) in [5.74, 6) is 2.42. The van der Waals surface area contributed by atoms with Crippen LogP contribution < -0.4 is 14.8 Å². The Morgan fingerprint density at radius 1 is 0.963 bits per heavy atom. The van der Waals surface area contributed by atoms with E-state index in [4.69, 9.17) is 9.47 Å². The summed E-state index contributed by atoms with van der Waals surface area (Å²) in [6, 6.07) is 14.7. The summed E-state index contributed by atoms with van der Waals surface area (Å²) in [7, 11) is 7.19. The van der Waals surface area contributed by atoms with Crippen molar-refractivity contribution in [1.29, 1.82) is 0 Å². The molecule has 0 saturated carbocycles. The van der Waals surface area contributed by atoms with Crippen molar-refractivity contribution in [2.75, 3.05) is 41.4 Å². The number of nitrogens with one attached hydrogen (secondary N) is 1. The Morgan fingerprint density at radius 3 is 2.26 bits per heavy atom. The number of methoxy groups -OCH3 is 2. The van der Waals surface area contributed by atoms with Crippen LogP contribution in [0.4, 0.5) is 0 Å². The van der Waals surface area contributed by atoms with Crippen molar-refractivity contribution in [2.45, 2.75) is 19.8 Å².